The van der Waals surface area contributed by atoms with E-state index in [-0.39, 0.29) is 0 Å². The third kappa shape index (κ3) is 3.36. The number of aromatic nitrogens is 1. The van der Waals surface area contributed by atoms with Gasteiger partial charge in [-0.05, 0) is 48.8 Å². The van der Waals surface area contributed by atoms with Crippen LogP contribution in [-0.4, -0.2) is 11.5 Å². The molecule has 1 heterocycles. The van der Waals surface area contributed by atoms with Crippen molar-refractivity contribution in [2.24, 2.45) is 11.3 Å². The van der Waals surface area contributed by atoms with Crippen LogP contribution in [0.15, 0.2) is 24.5 Å². The Morgan fingerprint density at radius 1 is 1.32 bits per heavy atom. The molecule has 0 aliphatic heterocycles. The lowest BCUT2D eigenvalue weighted by atomic mass is 9.70. The summed E-state index contributed by atoms with van der Waals surface area (Å²) >= 11 is 0. The SMILES string of the molecule is CCNC(c1cccnc1)C1(CC(C)C)CCCC1. The number of pyridine rings is 1. The molecule has 1 aliphatic carbocycles. The fraction of sp³-hybridized carbons (Fsp3) is 0.706. The summed E-state index contributed by atoms with van der Waals surface area (Å²) in [7, 11) is 0. The Bertz CT molecular complexity index is 366. The molecule has 1 aliphatic rings. The van der Waals surface area contributed by atoms with Gasteiger partial charge in [-0.3, -0.25) is 4.98 Å². The summed E-state index contributed by atoms with van der Waals surface area (Å²) in [4.78, 5) is 4.33. The van der Waals surface area contributed by atoms with Gasteiger partial charge in [-0.25, -0.2) is 0 Å². The highest BCUT2D eigenvalue weighted by Gasteiger charge is 2.41. The molecule has 1 aromatic rings. The molecule has 1 saturated carbocycles. The highest BCUT2D eigenvalue weighted by Crippen LogP contribution is 2.51. The van der Waals surface area contributed by atoms with Crippen molar-refractivity contribution in [2.45, 2.75) is 58.9 Å². The third-order valence-electron chi connectivity index (χ3n) is 4.45. The number of rotatable bonds is 6. The Hall–Kier alpha value is -0.890. The van der Waals surface area contributed by atoms with Crippen molar-refractivity contribution >= 4 is 0 Å². The minimum absolute atomic E-state index is 0.438. The lowest BCUT2D eigenvalue weighted by Crippen LogP contribution is -2.37. The average molecular weight is 260 g/mol. The van der Waals surface area contributed by atoms with Crippen LogP contribution in [0.1, 0.15) is 64.5 Å². The number of nitrogens with one attached hydrogen (secondary N) is 1. The first-order valence-electron chi connectivity index (χ1n) is 7.81. The van der Waals surface area contributed by atoms with Crippen LogP contribution in [0.25, 0.3) is 0 Å². The molecular weight excluding hydrogens is 232 g/mol. The second-order valence-electron chi connectivity index (χ2n) is 6.44. The van der Waals surface area contributed by atoms with Gasteiger partial charge < -0.3 is 5.32 Å². The molecule has 0 aromatic carbocycles. The van der Waals surface area contributed by atoms with Gasteiger partial charge in [0.1, 0.15) is 0 Å². The molecule has 1 aromatic heterocycles. The van der Waals surface area contributed by atoms with Crippen LogP contribution in [0, 0.1) is 11.3 Å². The molecule has 106 valence electrons. The molecule has 1 N–H and O–H groups in total. The zero-order valence-corrected chi connectivity index (χ0v) is 12.7. The van der Waals surface area contributed by atoms with Gasteiger partial charge in [0.2, 0.25) is 0 Å². The van der Waals surface area contributed by atoms with Crippen molar-refractivity contribution in [3.63, 3.8) is 0 Å². The van der Waals surface area contributed by atoms with E-state index in [1.807, 2.05) is 12.4 Å². The minimum atomic E-state index is 0.438. The summed E-state index contributed by atoms with van der Waals surface area (Å²) in [5.74, 6) is 0.760. The molecule has 1 unspecified atom stereocenters. The van der Waals surface area contributed by atoms with E-state index in [1.165, 1.54) is 37.7 Å². The topological polar surface area (TPSA) is 24.9 Å². The highest BCUT2D eigenvalue weighted by molar-refractivity contribution is 5.18. The summed E-state index contributed by atoms with van der Waals surface area (Å²) in [6.07, 6.45) is 10.7. The fourth-order valence-electron chi connectivity index (χ4n) is 3.94. The largest absolute Gasteiger partial charge is 0.310 e. The van der Waals surface area contributed by atoms with E-state index in [4.69, 9.17) is 0 Å². The molecule has 2 heteroatoms. The highest BCUT2D eigenvalue weighted by atomic mass is 14.9. The van der Waals surface area contributed by atoms with Crippen molar-refractivity contribution in [3.05, 3.63) is 30.1 Å². The lowest BCUT2D eigenvalue weighted by molar-refractivity contribution is 0.156. The summed E-state index contributed by atoms with van der Waals surface area (Å²) in [6.45, 7) is 7.94. The molecular formula is C17H28N2. The summed E-state index contributed by atoms with van der Waals surface area (Å²) < 4.78 is 0. The smallest absolute Gasteiger partial charge is 0.0392 e. The number of nitrogens with zero attached hydrogens (tertiary/aromatic N) is 1. The Labute approximate surface area is 118 Å². The normalized spacial score (nSPS) is 19.8. The Morgan fingerprint density at radius 2 is 2.05 bits per heavy atom. The van der Waals surface area contributed by atoms with Gasteiger partial charge in [-0.1, -0.05) is 39.7 Å². The van der Waals surface area contributed by atoms with Gasteiger partial charge in [0.25, 0.3) is 0 Å². The van der Waals surface area contributed by atoms with E-state index in [1.54, 1.807) is 0 Å². The monoisotopic (exact) mass is 260 g/mol. The average Bonchev–Trinajstić information content (AvgIpc) is 2.85. The zero-order chi connectivity index (χ0) is 13.7. The van der Waals surface area contributed by atoms with E-state index in [0.717, 1.165) is 12.5 Å². The van der Waals surface area contributed by atoms with Crippen molar-refractivity contribution in [3.8, 4) is 0 Å². The molecule has 0 spiro atoms. The van der Waals surface area contributed by atoms with E-state index in [0.29, 0.717) is 11.5 Å². The van der Waals surface area contributed by atoms with Crippen LogP contribution in [-0.2, 0) is 0 Å². The van der Waals surface area contributed by atoms with Gasteiger partial charge in [0.05, 0.1) is 0 Å². The fourth-order valence-corrected chi connectivity index (χ4v) is 3.94. The van der Waals surface area contributed by atoms with Gasteiger partial charge in [-0.15, -0.1) is 0 Å². The quantitative estimate of drug-likeness (QED) is 0.823. The molecule has 0 saturated heterocycles. The summed E-state index contributed by atoms with van der Waals surface area (Å²) in [6, 6.07) is 4.77. The maximum absolute atomic E-state index is 4.33. The summed E-state index contributed by atoms with van der Waals surface area (Å²) in [5.41, 5.74) is 1.81. The maximum atomic E-state index is 4.33. The third-order valence-corrected chi connectivity index (χ3v) is 4.45. The first kappa shape index (κ1) is 14.5. The molecule has 1 fully saturated rings. The first-order chi connectivity index (χ1) is 9.18. The van der Waals surface area contributed by atoms with Crippen LogP contribution < -0.4 is 5.32 Å². The number of hydrogen-bond acceptors (Lipinski definition) is 2. The minimum Gasteiger partial charge on any atom is -0.310 e. The van der Waals surface area contributed by atoms with E-state index in [9.17, 15) is 0 Å². The lowest BCUT2D eigenvalue weighted by Gasteiger charge is -2.40. The van der Waals surface area contributed by atoms with E-state index < -0.39 is 0 Å². The van der Waals surface area contributed by atoms with Crippen LogP contribution in [0.3, 0.4) is 0 Å². The standard InChI is InChI=1S/C17H28N2/c1-4-19-16(15-8-7-11-18-13-15)17(12-14(2)3)9-5-6-10-17/h7-8,11,13-14,16,19H,4-6,9-10,12H2,1-3H3. The summed E-state index contributed by atoms with van der Waals surface area (Å²) in [5, 5.41) is 3.75. The maximum Gasteiger partial charge on any atom is 0.0392 e. The predicted octanol–water partition coefficient (Wildman–Crippen LogP) is 4.34. The molecule has 0 radical (unpaired) electrons. The van der Waals surface area contributed by atoms with Gasteiger partial charge >= 0.3 is 0 Å². The van der Waals surface area contributed by atoms with Gasteiger partial charge in [0.15, 0.2) is 0 Å². The predicted molar refractivity (Wildman–Crippen MR) is 81.0 cm³/mol. The van der Waals surface area contributed by atoms with Crippen LogP contribution >= 0.6 is 0 Å². The van der Waals surface area contributed by atoms with Crippen LogP contribution in [0.4, 0.5) is 0 Å². The molecule has 0 bridgehead atoms. The second kappa shape index (κ2) is 6.51. The van der Waals surface area contributed by atoms with Crippen molar-refractivity contribution in [1.82, 2.24) is 10.3 Å². The zero-order valence-electron chi connectivity index (χ0n) is 12.7. The van der Waals surface area contributed by atoms with Crippen LogP contribution in [0.5, 0.6) is 0 Å². The Morgan fingerprint density at radius 3 is 2.58 bits per heavy atom. The Kier molecular flexibility index (Phi) is 4.98. The van der Waals surface area contributed by atoms with Gasteiger partial charge in [-0.2, -0.15) is 0 Å². The second-order valence-corrected chi connectivity index (χ2v) is 6.44. The molecule has 2 rings (SSSR count). The first-order valence-corrected chi connectivity index (χ1v) is 7.81. The van der Waals surface area contributed by atoms with Crippen LogP contribution in [0.2, 0.25) is 0 Å². The van der Waals surface area contributed by atoms with E-state index >= 15 is 0 Å². The molecule has 0 amide bonds. The van der Waals surface area contributed by atoms with E-state index in [2.05, 4.69) is 43.2 Å². The van der Waals surface area contributed by atoms with Gasteiger partial charge in [0, 0.05) is 18.4 Å². The number of hydrogen-bond donors (Lipinski definition) is 1. The molecule has 1 atom stereocenters. The van der Waals surface area contributed by atoms with Crippen molar-refractivity contribution in [1.29, 1.82) is 0 Å². The van der Waals surface area contributed by atoms with Crippen molar-refractivity contribution in [2.75, 3.05) is 6.54 Å². The molecule has 2 nitrogen and oxygen atoms in total. The Balaban J connectivity index is 2.29. The molecule has 19 heavy (non-hydrogen) atoms. The van der Waals surface area contributed by atoms with Crippen molar-refractivity contribution < 1.29 is 0 Å².